The lowest BCUT2D eigenvalue weighted by atomic mass is 10.0. The highest BCUT2D eigenvalue weighted by atomic mass is 32.2. The lowest BCUT2D eigenvalue weighted by Gasteiger charge is -2.24. The van der Waals surface area contributed by atoms with Gasteiger partial charge in [-0.1, -0.05) is 25.5 Å². The van der Waals surface area contributed by atoms with Crippen LogP contribution in [0.15, 0.2) is 18.2 Å². The van der Waals surface area contributed by atoms with Crippen LogP contribution in [0.4, 0.5) is 9.59 Å². The third kappa shape index (κ3) is 4.89. The maximum Gasteiger partial charge on any atom is 0.423 e. The van der Waals surface area contributed by atoms with Gasteiger partial charge in [0.05, 0.1) is 0 Å². The smallest absolute Gasteiger partial charge is 0.423 e. The van der Waals surface area contributed by atoms with Crippen molar-refractivity contribution >= 4 is 22.3 Å². The molecule has 0 saturated heterocycles. The van der Waals surface area contributed by atoms with Gasteiger partial charge in [-0.05, 0) is 26.3 Å². The fourth-order valence-corrected chi connectivity index (χ4v) is 3.43. The molecule has 1 aromatic rings. The molecule has 0 unspecified atom stereocenters. The third-order valence-corrected chi connectivity index (χ3v) is 5.00. The van der Waals surface area contributed by atoms with Crippen LogP contribution in [0.2, 0.25) is 0 Å². The molecule has 150 valence electrons. The maximum absolute atomic E-state index is 12.4. The second-order valence-electron chi connectivity index (χ2n) is 6.96. The average Bonchev–Trinajstić information content (AvgIpc) is 2.88. The summed E-state index contributed by atoms with van der Waals surface area (Å²) in [4.78, 5) is 25.4. The Kier molecular flexibility index (Phi) is 6.01. The number of hydrogen-bond donors (Lipinski definition) is 1. The van der Waals surface area contributed by atoms with Crippen LogP contribution in [0.1, 0.15) is 39.2 Å². The number of unbranched alkanes of at least 4 members (excludes halogenated alkanes) is 1. The van der Waals surface area contributed by atoms with Crippen molar-refractivity contribution in [1.29, 1.82) is 0 Å². The predicted octanol–water partition coefficient (Wildman–Crippen LogP) is 2.26. The first-order valence-electron chi connectivity index (χ1n) is 8.57. The van der Waals surface area contributed by atoms with Gasteiger partial charge < -0.3 is 9.47 Å². The molecule has 0 radical (unpaired) electrons. The predicted molar refractivity (Wildman–Crippen MR) is 98.8 cm³/mol. The van der Waals surface area contributed by atoms with Crippen molar-refractivity contribution < 1.29 is 27.5 Å². The van der Waals surface area contributed by atoms with Crippen molar-refractivity contribution in [2.45, 2.75) is 45.6 Å². The Morgan fingerprint density at radius 3 is 2.59 bits per heavy atom. The van der Waals surface area contributed by atoms with Crippen LogP contribution in [0.5, 0.6) is 11.5 Å². The van der Waals surface area contributed by atoms with Crippen molar-refractivity contribution in [3.63, 3.8) is 0 Å². The minimum atomic E-state index is -4.30. The van der Waals surface area contributed by atoms with Gasteiger partial charge in [-0.15, -0.1) is 0 Å². The van der Waals surface area contributed by atoms with E-state index in [1.54, 1.807) is 12.1 Å². The molecule has 0 aliphatic carbocycles. The number of nitrogens with two attached hydrogens (primary N) is 1. The summed E-state index contributed by atoms with van der Waals surface area (Å²) < 4.78 is 34.9. The van der Waals surface area contributed by atoms with Crippen LogP contribution >= 0.6 is 0 Å². The van der Waals surface area contributed by atoms with Gasteiger partial charge in [0.2, 0.25) is 0 Å². The quantitative estimate of drug-likeness (QED) is 0.811. The van der Waals surface area contributed by atoms with E-state index in [-0.39, 0.29) is 12.3 Å². The van der Waals surface area contributed by atoms with Gasteiger partial charge in [0.25, 0.3) is 0 Å². The molecule has 3 amide bonds. The molecule has 2 rings (SSSR count). The average molecular weight is 399 g/mol. The zero-order valence-corrected chi connectivity index (χ0v) is 16.7. The van der Waals surface area contributed by atoms with E-state index in [0.29, 0.717) is 34.2 Å². The molecular formula is C17H25N3O6S. The van der Waals surface area contributed by atoms with E-state index in [2.05, 4.69) is 0 Å². The topological polar surface area (TPSA) is 119 Å². The van der Waals surface area contributed by atoms with Crippen LogP contribution in [0, 0.1) is 0 Å². The van der Waals surface area contributed by atoms with Crippen molar-refractivity contribution in [3.05, 3.63) is 23.8 Å². The van der Waals surface area contributed by atoms with Gasteiger partial charge in [0.15, 0.2) is 11.5 Å². The number of urea groups is 1. The van der Waals surface area contributed by atoms with Crippen molar-refractivity contribution in [2.24, 2.45) is 5.14 Å². The van der Waals surface area contributed by atoms with E-state index in [1.165, 1.54) is 0 Å². The summed E-state index contributed by atoms with van der Waals surface area (Å²) in [5.74, 6) is 0.601. The summed E-state index contributed by atoms with van der Waals surface area (Å²) in [7, 11) is -3.18. The van der Waals surface area contributed by atoms with Crippen molar-refractivity contribution in [3.8, 4) is 11.5 Å². The van der Waals surface area contributed by atoms with Crippen molar-refractivity contribution in [2.75, 3.05) is 13.6 Å². The van der Waals surface area contributed by atoms with Crippen LogP contribution in [-0.2, 0) is 16.6 Å². The van der Waals surface area contributed by atoms with Crippen molar-refractivity contribution in [1.82, 2.24) is 9.21 Å². The van der Waals surface area contributed by atoms with Crippen LogP contribution in [-0.4, -0.2) is 48.9 Å². The molecule has 9 nitrogen and oxygen atoms in total. The molecule has 0 spiro atoms. The SMILES string of the molecule is CCCCN(C(=O)N(C)C(=O)Oc1cccc2c1OC(C)(C)C2)S(N)(=O)=O. The summed E-state index contributed by atoms with van der Waals surface area (Å²) in [6, 6.07) is 4.05. The lowest BCUT2D eigenvalue weighted by Crippen LogP contribution is -2.50. The van der Waals surface area contributed by atoms with Gasteiger partial charge in [0.1, 0.15) is 5.60 Å². The molecule has 0 saturated carbocycles. The van der Waals surface area contributed by atoms with E-state index < -0.39 is 27.9 Å². The molecule has 0 fully saturated rings. The number of amides is 3. The highest BCUT2D eigenvalue weighted by Crippen LogP contribution is 2.41. The minimum absolute atomic E-state index is 0.121. The van der Waals surface area contributed by atoms with E-state index in [9.17, 15) is 18.0 Å². The molecule has 0 bridgehead atoms. The van der Waals surface area contributed by atoms with E-state index in [4.69, 9.17) is 14.6 Å². The summed E-state index contributed by atoms with van der Waals surface area (Å²) in [6.07, 6.45) is 0.683. The number of benzene rings is 1. The monoisotopic (exact) mass is 399 g/mol. The van der Waals surface area contributed by atoms with Crippen LogP contribution in [0.25, 0.3) is 0 Å². The Hall–Kier alpha value is -2.33. The molecule has 1 heterocycles. The number of imide groups is 1. The number of fused-ring (bicyclic) bond motifs is 1. The van der Waals surface area contributed by atoms with Crippen LogP contribution in [0.3, 0.4) is 0 Å². The Labute approximate surface area is 159 Å². The first-order valence-corrected chi connectivity index (χ1v) is 10.1. The lowest BCUT2D eigenvalue weighted by molar-refractivity contribution is 0.128. The molecular weight excluding hydrogens is 374 g/mol. The number of hydrogen-bond acceptors (Lipinski definition) is 6. The highest BCUT2D eigenvalue weighted by Gasteiger charge is 2.34. The molecule has 27 heavy (non-hydrogen) atoms. The number of para-hydroxylation sites is 1. The standard InChI is InChI=1S/C17H25N3O6S/c1-5-6-10-20(27(18,23)24)15(21)19(4)16(22)25-13-9-7-8-12-11-17(2,3)26-14(12)13/h7-9H,5-6,10-11H2,1-4H3,(H2,18,23,24). The van der Waals surface area contributed by atoms with Gasteiger partial charge in [-0.25, -0.2) is 23.9 Å². The molecule has 1 aliphatic heterocycles. The Morgan fingerprint density at radius 1 is 1.33 bits per heavy atom. The largest absolute Gasteiger partial charge is 0.483 e. The number of carbonyl (C=O) groups is 2. The van der Waals surface area contributed by atoms with Gasteiger partial charge in [-0.3, -0.25) is 0 Å². The summed E-state index contributed by atoms with van der Waals surface area (Å²) >= 11 is 0. The van der Waals surface area contributed by atoms with Gasteiger partial charge >= 0.3 is 22.3 Å². The van der Waals surface area contributed by atoms with E-state index in [0.717, 1.165) is 12.6 Å². The van der Waals surface area contributed by atoms with Gasteiger partial charge in [0, 0.05) is 25.6 Å². The zero-order chi connectivity index (χ0) is 20.4. The minimum Gasteiger partial charge on any atom is -0.483 e. The maximum atomic E-state index is 12.4. The summed E-state index contributed by atoms with van der Waals surface area (Å²) in [6.45, 7) is 5.53. The van der Waals surface area contributed by atoms with Crippen LogP contribution < -0.4 is 14.6 Å². The highest BCUT2D eigenvalue weighted by molar-refractivity contribution is 7.87. The third-order valence-electron chi connectivity index (χ3n) is 4.05. The van der Waals surface area contributed by atoms with Gasteiger partial charge in [-0.2, -0.15) is 8.42 Å². The normalized spacial score (nSPS) is 14.9. The second kappa shape index (κ2) is 7.73. The molecule has 0 atom stereocenters. The second-order valence-corrected chi connectivity index (χ2v) is 8.43. The summed E-state index contributed by atoms with van der Waals surface area (Å²) in [5.41, 5.74) is 0.449. The first-order chi connectivity index (χ1) is 12.5. The molecule has 10 heteroatoms. The Bertz CT molecular complexity index is 837. The van der Waals surface area contributed by atoms with E-state index in [1.807, 2.05) is 26.8 Å². The summed E-state index contributed by atoms with van der Waals surface area (Å²) in [5, 5.41) is 5.09. The molecule has 2 N–H and O–H groups in total. The number of nitrogens with zero attached hydrogens (tertiary/aromatic N) is 2. The fraction of sp³-hybridized carbons (Fsp3) is 0.529. The number of carbonyl (C=O) groups excluding carboxylic acids is 2. The molecule has 1 aliphatic rings. The van der Waals surface area contributed by atoms with E-state index >= 15 is 0 Å². The Morgan fingerprint density at radius 2 is 2.00 bits per heavy atom. The molecule has 0 aromatic heterocycles. The Balaban J connectivity index is 2.17. The first kappa shape index (κ1) is 21.0. The number of ether oxygens (including phenoxy) is 2. The zero-order valence-electron chi connectivity index (χ0n) is 15.9. The number of rotatable bonds is 5. The molecule has 1 aromatic carbocycles. The fourth-order valence-electron chi connectivity index (χ4n) is 2.71.